The van der Waals surface area contributed by atoms with Gasteiger partial charge in [0.15, 0.2) is 5.96 Å². The van der Waals surface area contributed by atoms with Gasteiger partial charge in [-0.15, -0.1) is 24.0 Å². The van der Waals surface area contributed by atoms with Crippen LogP contribution in [0, 0.1) is 6.92 Å². The molecular formula is C26H32IN7. The lowest BCUT2D eigenvalue weighted by Crippen LogP contribution is -2.37. The predicted molar refractivity (Wildman–Crippen MR) is 147 cm³/mol. The number of nitrogens with zero attached hydrogens (tertiary/aromatic N) is 5. The second kappa shape index (κ2) is 12.9. The molecule has 7 nitrogen and oxygen atoms in total. The number of hydrogen-bond acceptors (Lipinski definition) is 3. The van der Waals surface area contributed by atoms with Gasteiger partial charge in [-0.1, -0.05) is 48.5 Å². The van der Waals surface area contributed by atoms with Gasteiger partial charge in [0.2, 0.25) is 0 Å². The summed E-state index contributed by atoms with van der Waals surface area (Å²) in [7, 11) is 0. The molecular weight excluding hydrogens is 537 g/mol. The van der Waals surface area contributed by atoms with Crippen molar-refractivity contribution in [1.29, 1.82) is 0 Å². The number of aryl methyl sites for hydroxylation is 1. The van der Waals surface area contributed by atoms with Gasteiger partial charge in [-0.05, 0) is 42.2 Å². The molecule has 178 valence electrons. The number of imidazole rings is 1. The lowest BCUT2D eigenvalue weighted by Gasteiger charge is -2.14. The van der Waals surface area contributed by atoms with Gasteiger partial charge in [0.1, 0.15) is 5.82 Å². The Morgan fingerprint density at radius 1 is 0.912 bits per heavy atom. The Morgan fingerprint density at radius 2 is 1.74 bits per heavy atom. The number of guanidine groups is 1. The fourth-order valence-corrected chi connectivity index (χ4v) is 3.74. The summed E-state index contributed by atoms with van der Waals surface area (Å²) in [5.74, 6) is 1.83. The van der Waals surface area contributed by atoms with E-state index < -0.39 is 0 Å². The zero-order chi connectivity index (χ0) is 22.9. The van der Waals surface area contributed by atoms with Gasteiger partial charge in [-0.3, -0.25) is 4.68 Å². The average Bonchev–Trinajstić information content (AvgIpc) is 3.49. The van der Waals surface area contributed by atoms with E-state index in [1.165, 1.54) is 22.3 Å². The molecule has 0 bridgehead atoms. The summed E-state index contributed by atoms with van der Waals surface area (Å²) < 4.78 is 4.09. The van der Waals surface area contributed by atoms with Crippen molar-refractivity contribution in [3.8, 4) is 0 Å². The van der Waals surface area contributed by atoms with Crippen molar-refractivity contribution in [2.75, 3.05) is 6.54 Å². The number of halogens is 1. The Labute approximate surface area is 218 Å². The second-order valence-corrected chi connectivity index (χ2v) is 7.94. The molecule has 0 saturated heterocycles. The monoisotopic (exact) mass is 569 g/mol. The summed E-state index contributed by atoms with van der Waals surface area (Å²) in [5, 5.41) is 11.2. The minimum Gasteiger partial charge on any atom is -0.357 e. The Morgan fingerprint density at radius 3 is 2.47 bits per heavy atom. The standard InChI is InChI=1S/C26H31N7.HI/c1-3-27-26(30-18-24-10-4-5-11-25(24)20-33-14-7-12-31-33)29-17-22-8-6-9-23(16-22)19-32-15-13-28-21(32)2;/h4-16H,3,17-20H2,1-2H3,(H2,27,29,30);1H. The fourth-order valence-electron chi connectivity index (χ4n) is 3.74. The maximum absolute atomic E-state index is 4.82. The summed E-state index contributed by atoms with van der Waals surface area (Å²) in [4.78, 5) is 9.12. The smallest absolute Gasteiger partial charge is 0.191 e. The van der Waals surface area contributed by atoms with E-state index in [9.17, 15) is 0 Å². The Balaban J connectivity index is 0.00000324. The molecule has 8 heteroatoms. The maximum atomic E-state index is 4.82. The van der Waals surface area contributed by atoms with Gasteiger partial charge in [-0.2, -0.15) is 5.10 Å². The van der Waals surface area contributed by atoms with Gasteiger partial charge in [0, 0.05) is 44.4 Å². The van der Waals surface area contributed by atoms with E-state index in [0.717, 1.165) is 31.4 Å². The molecule has 0 atom stereocenters. The fraction of sp³-hybridized carbons (Fsp3) is 0.269. The van der Waals surface area contributed by atoms with Crippen LogP contribution in [-0.4, -0.2) is 31.8 Å². The minimum atomic E-state index is 0. The lowest BCUT2D eigenvalue weighted by atomic mass is 10.1. The van der Waals surface area contributed by atoms with Crippen molar-refractivity contribution < 1.29 is 0 Å². The van der Waals surface area contributed by atoms with Crippen LogP contribution in [0.15, 0.2) is 84.4 Å². The molecule has 0 aliphatic rings. The molecule has 2 N–H and O–H groups in total. The zero-order valence-corrected chi connectivity index (χ0v) is 22.0. The number of aromatic nitrogens is 4. The Hall–Kier alpha value is -3.14. The van der Waals surface area contributed by atoms with Gasteiger partial charge >= 0.3 is 0 Å². The Bertz CT molecular complexity index is 1180. The summed E-state index contributed by atoms with van der Waals surface area (Å²) in [6.45, 7) is 7.79. The minimum absolute atomic E-state index is 0. The molecule has 0 aliphatic heterocycles. The van der Waals surface area contributed by atoms with Crippen molar-refractivity contribution in [3.63, 3.8) is 0 Å². The first-order valence-electron chi connectivity index (χ1n) is 11.3. The molecule has 4 rings (SSSR count). The molecule has 0 fully saturated rings. The number of aliphatic imine (C=N–C) groups is 1. The van der Waals surface area contributed by atoms with E-state index in [1.54, 1.807) is 0 Å². The normalized spacial score (nSPS) is 11.2. The van der Waals surface area contributed by atoms with Crippen molar-refractivity contribution in [2.45, 2.75) is 40.0 Å². The summed E-state index contributed by atoms with van der Waals surface area (Å²) in [6.07, 6.45) is 7.64. The van der Waals surface area contributed by atoms with Crippen LogP contribution in [0.5, 0.6) is 0 Å². The quantitative estimate of drug-likeness (QED) is 0.179. The number of hydrogen-bond donors (Lipinski definition) is 2. The van der Waals surface area contributed by atoms with Crippen molar-refractivity contribution in [1.82, 2.24) is 30.0 Å². The van der Waals surface area contributed by atoms with Gasteiger partial charge in [-0.25, -0.2) is 9.98 Å². The first-order valence-corrected chi connectivity index (χ1v) is 11.3. The van der Waals surface area contributed by atoms with E-state index in [1.807, 2.05) is 42.5 Å². The maximum Gasteiger partial charge on any atom is 0.191 e. The number of nitrogens with one attached hydrogen (secondary N) is 2. The average molecular weight is 569 g/mol. The van der Waals surface area contributed by atoms with Crippen LogP contribution >= 0.6 is 24.0 Å². The van der Waals surface area contributed by atoms with E-state index >= 15 is 0 Å². The highest BCUT2D eigenvalue weighted by molar-refractivity contribution is 14.0. The van der Waals surface area contributed by atoms with Crippen LogP contribution in [0.1, 0.15) is 35.0 Å². The highest BCUT2D eigenvalue weighted by Crippen LogP contribution is 2.11. The molecule has 0 spiro atoms. The number of benzene rings is 2. The molecule has 0 aliphatic carbocycles. The van der Waals surface area contributed by atoms with Gasteiger partial charge in [0.05, 0.1) is 13.1 Å². The summed E-state index contributed by atoms with van der Waals surface area (Å²) in [6, 6.07) is 19.0. The van der Waals surface area contributed by atoms with Crippen LogP contribution in [0.2, 0.25) is 0 Å². The highest BCUT2D eigenvalue weighted by atomic mass is 127. The number of rotatable bonds is 9. The summed E-state index contributed by atoms with van der Waals surface area (Å²) in [5.41, 5.74) is 4.90. The van der Waals surface area contributed by atoms with Crippen molar-refractivity contribution in [3.05, 3.63) is 107 Å². The molecule has 0 radical (unpaired) electrons. The Kier molecular flexibility index (Phi) is 9.69. The molecule has 2 aromatic carbocycles. The van der Waals surface area contributed by atoms with Gasteiger partial charge < -0.3 is 15.2 Å². The van der Waals surface area contributed by atoms with E-state index in [-0.39, 0.29) is 24.0 Å². The van der Waals surface area contributed by atoms with Crippen LogP contribution < -0.4 is 10.6 Å². The van der Waals surface area contributed by atoms with E-state index in [4.69, 9.17) is 4.99 Å². The largest absolute Gasteiger partial charge is 0.357 e. The molecule has 34 heavy (non-hydrogen) atoms. The topological polar surface area (TPSA) is 72.1 Å². The van der Waals surface area contributed by atoms with Crippen molar-refractivity contribution >= 4 is 29.9 Å². The highest BCUT2D eigenvalue weighted by Gasteiger charge is 2.05. The molecule has 2 heterocycles. The third kappa shape index (κ3) is 7.18. The predicted octanol–water partition coefficient (Wildman–Crippen LogP) is 4.36. The van der Waals surface area contributed by atoms with Gasteiger partial charge in [0.25, 0.3) is 0 Å². The molecule has 2 aromatic heterocycles. The van der Waals surface area contributed by atoms with Crippen LogP contribution in [-0.2, 0) is 26.2 Å². The molecule has 4 aromatic rings. The van der Waals surface area contributed by atoms with E-state index in [0.29, 0.717) is 13.1 Å². The van der Waals surface area contributed by atoms with Crippen LogP contribution in [0.25, 0.3) is 0 Å². The first-order chi connectivity index (χ1) is 16.2. The molecule has 0 unspecified atom stereocenters. The molecule has 0 amide bonds. The second-order valence-electron chi connectivity index (χ2n) is 7.94. The zero-order valence-electron chi connectivity index (χ0n) is 19.7. The SMILES string of the molecule is CCNC(=NCc1cccc(Cn2ccnc2C)c1)NCc1ccccc1Cn1cccn1.I. The van der Waals surface area contributed by atoms with E-state index in [2.05, 4.69) is 80.7 Å². The van der Waals surface area contributed by atoms with Crippen molar-refractivity contribution in [2.24, 2.45) is 4.99 Å². The van der Waals surface area contributed by atoms with Crippen LogP contribution in [0.3, 0.4) is 0 Å². The first kappa shape index (κ1) is 25.5. The lowest BCUT2D eigenvalue weighted by molar-refractivity contribution is 0.677. The van der Waals surface area contributed by atoms with Crippen LogP contribution in [0.4, 0.5) is 0 Å². The molecule has 0 saturated carbocycles. The summed E-state index contributed by atoms with van der Waals surface area (Å²) >= 11 is 0. The third-order valence-electron chi connectivity index (χ3n) is 5.49. The third-order valence-corrected chi connectivity index (χ3v) is 5.49.